The van der Waals surface area contributed by atoms with Gasteiger partial charge in [-0.2, -0.15) is 0 Å². The molecule has 156 valence electrons. The molecule has 4 aliphatic rings. The lowest BCUT2D eigenvalue weighted by atomic mass is 9.49. The van der Waals surface area contributed by atoms with Crippen molar-refractivity contribution >= 4 is 17.8 Å². The lowest BCUT2D eigenvalue weighted by Crippen LogP contribution is -2.53. The Hall–Kier alpha value is -2.37. The fraction of sp³-hybridized carbons (Fsp3) is 0.609. The zero-order valence-corrected chi connectivity index (χ0v) is 16.8. The van der Waals surface area contributed by atoms with Gasteiger partial charge in [0.1, 0.15) is 0 Å². The molecule has 2 amide bonds. The van der Waals surface area contributed by atoms with Gasteiger partial charge in [0.2, 0.25) is 5.91 Å². The Kier molecular flexibility index (Phi) is 5.88. The number of ether oxygens (including phenoxy) is 1. The summed E-state index contributed by atoms with van der Waals surface area (Å²) in [6, 6.07) is 9.55. The normalized spacial score (nSPS) is 29.3. The Labute approximate surface area is 171 Å². The molecule has 4 saturated carbocycles. The van der Waals surface area contributed by atoms with Crippen molar-refractivity contribution in [2.75, 3.05) is 13.2 Å². The summed E-state index contributed by atoms with van der Waals surface area (Å²) in [6.07, 6.45) is 7.01. The van der Waals surface area contributed by atoms with Gasteiger partial charge in [0.25, 0.3) is 5.91 Å². The number of nitrogens with one attached hydrogen (secondary N) is 2. The highest BCUT2D eigenvalue weighted by Crippen LogP contribution is 2.60. The number of hydrogen-bond donors (Lipinski definition) is 2. The van der Waals surface area contributed by atoms with Crippen LogP contribution >= 0.6 is 0 Å². The largest absolute Gasteiger partial charge is 0.456 e. The van der Waals surface area contributed by atoms with Gasteiger partial charge in [-0.25, -0.2) is 0 Å². The second kappa shape index (κ2) is 8.56. The SMILES string of the molecule is O=C(COC(=O)CCNC(=O)C12CC3CC(CC(C3)C1)C2)NCc1ccccc1. The van der Waals surface area contributed by atoms with E-state index in [1.807, 2.05) is 30.3 Å². The maximum atomic E-state index is 12.8. The molecule has 4 bridgehead atoms. The molecule has 0 heterocycles. The molecule has 6 heteroatoms. The van der Waals surface area contributed by atoms with E-state index in [0.29, 0.717) is 24.3 Å². The van der Waals surface area contributed by atoms with Crippen molar-refractivity contribution in [3.8, 4) is 0 Å². The molecule has 0 aliphatic heterocycles. The molecule has 6 nitrogen and oxygen atoms in total. The van der Waals surface area contributed by atoms with E-state index in [9.17, 15) is 14.4 Å². The van der Waals surface area contributed by atoms with Gasteiger partial charge in [-0.3, -0.25) is 14.4 Å². The highest BCUT2D eigenvalue weighted by molar-refractivity contribution is 5.84. The molecular weight excluding hydrogens is 368 g/mol. The lowest BCUT2D eigenvalue weighted by molar-refractivity contribution is -0.149. The zero-order valence-electron chi connectivity index (χ0n) is 16.8. The van der Waals surface area contributed by atoms with E-state index in [4.69, 9.17) is 4.74 Å². The van der Waals surface area contributed by atoms with Crippen LogP contribution in [0, 0.1) is 23.2 Å². The van der Waals surface area contributed by atoms with Crippen LogP contribution in [-0.2, 0) is 25.7 Å². The van der Waals surface area contributed by atoms with E-state index in [2.05, 4.69) is 10.6 Å². The van der Waals surface area contributed by atoms with E-state index in [-0.39, 0.29) is 36.8 Å². The van der Waals surface area contributed by atoms with Gasteiger partial charge in [0.05, 0.1) is 6.42 Å². The van der Waals surface area contributed by atoms with Crippen molar-refractivity contribution in [3.63, 3.8) is 0 Å². The maximum absolute atomic E-state index is 12.8. The molecule has 5 rings (SSSR count). The predicted molar refractivity (Wildman–Crippen MR) is 107 cm³/mol. The minimum Gasteiger partial charge on any atom is -0.456 e. The number of carbonyl (C=O) groups is 3. The van der Waals surface area contributed by atoms with Crippen LogP contribution in [0.3, 0.4) is 0 Å². The molecule has 0 aromatic heterocycles. The van der Waals surface area contributed by atoms with Crippen LogP contribution in [0.4, 0.5) is 0 Å². The average Bonchev–Trinajstić information content (AvgIpc) is 2.70. The van der Waals surface area contributed by atoms with Crippen molar-refractivity contribution in [2.45, 2.75) is 51.5 Å². The number of hydrogen-bond acceptors (Lipinski definition) is 4. The van der Waals surface area contributed by atoms with E-state index in [0.717, 1.165) is 24.8 Å². The molecule has 29 heavy (non-hydrogen) atoms. The fourth-order valence-corrected chi connectivity index (χ4v) is 5.92. The van der Waals surface area contributed by atoms with Crippen LogP contribution in [0.25, 0.3) is 0 Å². The van der Waals surface area contributed by atoms with Crippen LogP contribution in [0.15, 0.2) is 30.3 Å². The molecule has 4 fully saturated rings. The number of carbonyl (C=O) groups excluding carboxylic acids is 3. The topological polar surface area (TPSA) is 84.5 Å². The first kappa shape index (κ1) is 19.9. The van der Waals surface area contributed by atoms with E-state index in [1.54, 1.807) is 0 Å². The van der Waals surface area contributed by atoms with Crippen LogP contribution in [0.1, 0.15) is 50.5 Å². The maximum Gasteiger partial charge on any atom is 0.308 e. The summed E-state index contributed by atoms with van der Waals surface area (Å²) in [5, 5.41) is 5.68. The number of esters is 1. The summed E-state index contributed by atoms with van der Waals surface area (Å²) < 4.78 is 5.02. The molecule has 0 unspecified atom stereocenters. The summed E-state index contributed by atoms with van der Waals surface area (Å²) >= 11 is 0. The Morgan fingerprint density at radius 3 is 2.17 bits per heavy atom. The smallest absolute Gasteiger partial charge is 0.308 e. The third kappa shape index (κ3) is 4.80. The Morgan fingerprint density at radius 2 is 1.55 bits per heavy atom. The highest BCUT2D eigenvalue weighted by atomic mass is 16.5. The van der Waals surface area contributed by atoms with E-state index < -0.39 is 5.97 Å². The Balaban J connectivity index is 1.13. The molecule has 4 aliphatic carbocycles. The van der Waals surface area contributed by atoms with E-state index in [1.165, 1.54) is 19.3 Å². The lowest BCUT2D eigenvalue weighted by Gasteiger charge is -2.55. The van der Waals surface area contributed by atoms with Gasteiger partial charge >= 0.3 is 5.97 Å². The molecule has 1 aromatic rings. The summed E-state index contributed by atoms with van der Waals surface area (Å²) in [5.41, 5.74) is 0.787. The van der Waals surface area contributed by atoms with Gasteiger partial charge in [0, 0.05) is 18.5 Å². The summed E-state index contributed by atoms with van der Waals surface area (Å²) in [5.74, 6) is 1.46. The molecule has 0 radical (unpaired) electrons. The summed E-state index contributed by atoms with van der Waals surface area (Å²) in [4.78, 5) is 36.5. The predicted octanol–water partition coefficient (Wildman–Crippen LogP) is 2.57. The minimum atomic E-state index is -0.467. The number of benzene rings is 1. The van der Waals surface area contributed by atoms with Gasteiger partial charge in [-0.1, -0.05) is 30.3 Å². The zero-order chi connectivity index (χ0) is 20.3. The fourth-order valence-electron chi connectivity index (χ4n) is 5.92. The number of amides is 2. The van der Waals surface area contributed by atoms with Crippen molar-refractivity contribution in [2.24, 2.45) is 23.2 Å². The van der Waals surface area contributed by atoms with Crippen LogP contribution < -0.4 is 10.6 Å². The van der Waals surface area contributed by atoms with Crippen molar-refractivity contribution in [1.29, 1.82) is 0 Å². The first-order valence-corrected chi connectivity index (χ1v) is 10.8. The average molecular weight is 399 g/mol. The molecule has 0 atom stereocenters. The molecule has 2 N–H and O–H groups in total. The second-order valence-electron chi connectivity index (χ2n) is 9.13. The van der Waals surface area contributed by atoms with Crippen molar-refractivity contribution in [3.05, 3.63) is 35.9 Å². The Morgan fingerprint density at radius 1 is 0.931 bits per heavy atom. The molecular formula is C23H30N2O4. The van der Waals surface area contributed by atoms with Crippen molar-refractivity contribution in [1.82, 2.24) is 10.6 Å². The molecule has 1 aromatic carbocycles. The highest BCUT2D eigenvalue weighted by Gasteiger charge is 2.54. The third-order valence-electron chi connectivity index (χ3n) is 6.83. The minimum absolute atomic E-state index is 0.0874. The summed E-state index contributed by atoms with van der Waals surface area (Å²) in [6.45, 7) is 0.373. The Bertz CT molecular complexity index is 726. The van der Waals surface area contributed by atoms with Crippen LogP contribution in [0.2, 0.25) is 0 Å². The van der Waals surface area contributed by atoms with Gasteiger partial charge in [-0.05, 0) is 61.8 Å². The van der Waals surface area contributed by atoms with Gasteiger partial charge in [-0.15, -0.1) is 0 Å². The quantitative estimate of drug-likeness (QED) is 0.659. The molecule has 0 saturated heterocycles. The molecule has 0 spiro atoms. The standard InChI is InChI=1S/C23H30N2O4/c26-20(25-14-16-4-2-1-3-5-16)15-29-21(27)6-7-24-22(28)23-11-17-8-18(12-23)10-19(9-17)13-23/h1-5,17-19H,6-15H2,(H,24,28)(H,25,26). The van der Waals surface area contributed by atoms with Crippen LogP contribution in [-0.4, -0.2) is 30.9 Å². The third-order valence-corrected chi connectivity index (χ3v) is 6.83. The monoisotopic (exact) mass is 398 g/mol. The van der Waals surface area contributed by atoms with Gasteiger partial charge in [0.15, 0.2) is 6.61 Å². The summed E-state index contributed by atoms with van der Waals surface area (Å²) in [7, 11) is 0. The number of rotatable bonds is 8. The van der Waals surface area contributed by atoms with Crippen molar-refractivity contribution < 1.29 is 19.1 Å². The first-order chi connectivity index (χ1) is 14.0. The first-order valence-electron chi connectivity index (χ1n) is 10.8. The van der Waals surface area contributed by atoms with Crippen LogP contribution in [0.5, 0.6) is 0 Å². The van der Waals surface area contributed by atoms with Gasteiger partial charge < -0.3 is 15.4 Å². The van der Waals surface area contributed by atoms with E-state index >= 15 is 0 Å². The second-order valence-corrected chi connectivity index (χ2v) is 9.13.